The van der Waals surface area contributed by atoms with E-state index in [2.05, 4.69) is 29.1 Å². The van der Waals surface area contributed by atoms with Crippen LogP contribution in [0.15, 0.2) is 23.3 Å². The van der Waals surface area contributed by atoms with Crippen molar-refractivity contribution in [2.75, 3.05) is 11.1 Å². The van der Waals surface area contributed by atoms with Gasteiger partial charge in [-0.15, -0.1) is 0 Å². The van der Waals surface area contributed by atoms with Crippen LogP contribution in [-0.4, -0.2) is 16.0 Å². The minimum Gasteiger partial charge on any atom is -0.397 e. The van der Waals surface area contributed by atoms with Gasteiger partial charge >= 0.3 is 0 Å². The summed E-state index contributed by atoms with van der Waals surface area (Å²) in [6.45, 7) is 4.56. The normalized spacial score (nSPS) is 26.0. The Hall–Kier alpha value is -2.04. The number of hydrogen-bond donors (Lipinski definition) is 3. The van der Waals surface area contributed by atoms with Crippen LogP contribution in [0.1, 0.15) is 26.7 Å². The maximum atomic E-state index is 11.7. The smallest absolute Gasteiger partial charge is 0.258 e. The van der Waals surface area contributed by atoms with Gasteiger partial charge in [-0.2, -0.15) is 0 Å². The molecule has 20 heavy (non-hydrogen) atoms. The molecule has 0 aliphatic heterocycles. The number of nitrogen functional groups attached to an aromatic ring is 1. The number of rotatable bonds is 2. The fourth-order valence-corrected chi connectivity index (χ4v) is 3.03. The van der Waals surface area contributed by atoms with E-state index in [1.54, 1.807) is 6.07 Å². The summed E-state index contributed by atoms with van der Waals surface area (Å²) in [4.78, 5) is 18.5. The van der Waals surface area contributed by atoms with E-state index < -0.39 is 0 Å². The predicted molar refractivity (Wildman–Crippen MR) is 81.7 cm³/mol. The van der Waals surface area contributed by atoms with Gasteiger partial charge in [0.1, 0.15) is 0 Å². The molecule has 1 aromatic heterocycles. The Balaban J connectivity index is 1.96. The number of nitrogens with zero attached hydrogens (tertiary/aromatic N) is 1. The Bertz CT molecular complexity index is 694. The van der Waals surface area contributed by atoms with Crippen LogP contribution in [0.25, 0.3) is 10.9 Å². The van der Waals surface area contributed by atoms with E-state index in [-0.39, 0.29) is 5.56 Å². The fourth-order valence-electron chi connectivity index (χ4n) is 3.03. The second-order valence-corrected chi connectivity index (χ2v) is 5.85. The molecule has 1 aliphatic rings. The number of benzene rings is 1. The predicted octanol–water partition coefficient (Wildman–Crippen LogP) is 2.35. The number of aromatic nitrogens is 2. The lowest BCUT2D eigenvalue weighted by molar-refractivity contribution is 0.435. The van der Waals surface area contributed by atoms with Gasteiger partial charge in [0, 0.05) is 6.04 Å². The van der Waals surface area contributed by atoms with E-state index in [9.17, 15) is 4.79 Å². The Labute approximate surface area is 117 Å². The van der Waals surface area contributed by atoms with Crippen LogP contribution >= 0.6 is 0 Å². The summed E-state index contributed by atoms with van der Waals surface area (Å²) in [5.41, 5.74) is 8.06. The maximum Gasteiger partial charge on any atom is 0.258 e. The highest BCUT2D eigenvalue weighted by Gasteiger charge is 2.29. The van der Waals surface area contributed by atoms with Gasteiger partial charge in [-0.3, -0.25) is 4.79 Å². The molecule has 3 unspecified atom stereocenters. The summed E-state index contributed by atoms with van der Waals surface area (Å²) >= 11 is 0. The van der Waals surface area contributed by atoms with E-state index in [0.717, 1.165) is 18.0 Å². The summed E-state index contributed by atoms with van der Waals surface area (Å²) < 4.78 is 0. The number of H-pyrrole nitrogens is 1. The second-order valence-electron chi connectivity index (χ2n) is 5.85. The fraction of sp³-hybridized carbons (Fsp3) is 0.467. The van der Waals surface area contributed by atoms with Crippen molar-refractivity contribution in [1.82, 2.24) is 9.97 Å². The standard InChI is InChI=1S/C15H20N4O/c1-8-3-4-12(9(8)2)19-14-6-13-10(5-11(14)16)15(20)18-7-17-13/h5-9,12,19H,3-4,16H2,1-2H3,(H,17,18,20). The van der Waals surface area contributed by atoms with Gasteiger partial charge in [-0.05, 0) is 36.8 Å². The average Bonchev–Trinajstić information content (AvgIpc) is 2.73. The zero-order valence-corrected chi connectivity index (χ0v) is 11.8. The van der Waals surface area contributed by atoms with Crippen molar-refractivity contribution in [3.05, 3.63) is 28.8 Å². The molecular weight excluding hydrogens is 252 g/mol. The van der Waals surface area contributed by atoms with Crippen molar-refractivity contribution in [2.24, 2.45) is 11.8 Å². The first-order valence-electron chi connectivity index (χ1n) is 7.09. The SMILES string of the molecule is CC1CCC(Nc2cc3nc[nH]c(=O)c3cc2N)C1C. The Morgan fingerprint density at radius 1 is 1.35 bits per heavy atom. The minimum absolute atomic E-state index is 0.156. The molecule has 1 aliphatic carbocycles. The molecule has 4 N–H and O–H groups in total. The van der Waals surface area contributed by atoms with E-state index >= 15 is 0 Å². The van der Waals surface area contributed by atoms with E-state index in [1.165, 1.54) is 12.7 Å². The molecule has 0 amide bonds. The Morgan fingerprint density at radius 3 is 2.85 bits per heavy atom. The number of anilines is 2. The van der Waals surface area contributed by atoms with Gasteiger partial charge < -0.3 is 16.0 Å². The second kappa shape index (κ2) is 4.81. The molecule has 0 saturated heterocycles. The summed E-state index contributed by atoms with van der Waals surface area (Å²) in [5, 5.41) is 4.05. The van der Waals surface area contributed by atoms with E-state index in [1.807, 2.05) is 6.07 Å². The molecule has 3 atom stereocenters. The van der Waals surface area contributed by atoms with Gasteiger partial charge in [0.05, 0.1) is 28.6 Å². The molecule has 2 aromatic rings. The first-order chi connectivity index (χ1) is 9.56. The van der Waals surface area contributed by atoms with Gasteiger partial charge in [0.25, 0.3) is 5.56 Å². The number of hydrogen-bond acceptors (Lipinski definition) is 4. The van der Waals surface area contributed by atoms with Crippen LogP contribution in [0.2, 0.25) is 0 Å². The highest BCUT2D eigenvalue weighted by atomic mass is 16.1. The lowest BCUT2D eigenvalue weighted by Crippen LogP contribution is -2.24. The van der Waals surface area contributed by atoms with E-state index in [4.69, 9.17) is 5.73 Å². The van der Waals surface area contributed by atoms with Crippen molar-refractivity contribution in [1.29, 1.82) is 0 Å². The van der Waals surface area contributed by atoms with Gasteiger partial charge in [-0.1, -0.05) is 13.8 Å². The highest BCUT2D eigenvalue weighted by Crippen LogP contribution is 2.34. The van der Waals surface area contributed by atoms with Gasteiger partial charge in [0.15, 0.2) is 0 Å². The van der Waals surface area contributed by atoms with Crippen LogP contribution in [0, 0.1) is 11.8 Å². The van der Waals surface area contributed by atoms with Crippen LogP contribution in [0.4, 0.5) is 11.4 Å². The van der Waals surface area contributed by atoms with Gasteiger partial charge in [0.2, 0.25) is 0 Å². The third kappa shape index (κ3) is 2.13. The topological polar surface area (TPSA) is 83.8 Å². The first-order valence-corrected chi connectivity index (χ1v) is 7.09. The van der Waals surface area contributed by atoms with Crippen LogP contribution < -0.4 is 16.6 Å². The molecule has 1 aromatic carbocycles. The maximum absolute atomic E-state index is 11.7. The highest BCUT2D eigenvalue weighted by molar-refractivity contribution is 5.88. The number of nitrogens with two attached hydrogens (primary N) is 1. The van der Waals surface area contributed by atoms with Crippen molar-refractivity contribution < 1.29 is 0 Å². The molecule has 5 nitrogen and oxygen atoms in total. The van der Waals surface area contributed by atoms with Gasteiger partial charge in [-0.25, -0.2) is 4.98 Å². The average molecular weight is 272 g/mol. The molecule has 0 bridgehead atoms. The van der Waals surface area contributed by atoms with Crippen LogP contribution in [0.3, 0.4) is 0 Å². The molecule has 1 saturated carbocycles. The zero-order chi connectivity index (χ0) is 14.3. The molecule has 3 rings (SSSR count). The van der Waals surface area contributed by atoms with E-state index in [0.29, 0.717) is 28.6 Å². The molecular formula is C15H20N4O. The monoisotopic (exact) mass is 272 g/mol. The Kier molecular flexibility index (Phi) is 3.12. The summed E-state index contributed by atoms with van der Waals surface area (Å²) in [5.74, 6) is 1.35. The lowest BCUT2D eigenvalue weighted by Gasteiger charge is -2.22. The van der Waals surface area contributed by atoms with Crippen molar-refractivity contribution >= 4 is 22.3 Å². The summed E-state index contributed by atoms with van der Waals surface area (Å²) in [7, 11) is 0. The number of nitrogens with one attached hydrogen (secondary N) is 2. The lowest BCUT2D eigenvalue weighted by atomic mass is 9.97. The van der Waals surface area contributed by atoms with Crippen LogP contribution in [-0.2, 0) is 0 Å². The van der Waals surface area contributed by atoms with Crippen LogP contribution in [0.5, 0.6) is 0 Å². The molecule has 106 valence electrons. The summed E-state index contributed by atoms with van der Waals surface area (Å²) in [6, 6.07) is 4.01. The van der Waals surface area contributed by atoms with Crippen molar-refractivity contribution in [2.45, 2.75) is 32.7 Å². The first kappa shape index (κ1) is 13.0. The molecule has 5 heteroatoms. The number of fused-ring (bicyclic) bond motifs is 1. The Morgan fingerprint density at radius 2 is 2.15 bits per heavy atom. The largest absolute Gasteiger partial charge is 0.397 e. The third-order valence-corrected chi connectivity index (χ3v) is 4.62. The quantitative estimate of drug-likeness (QED) is 0.733. The molecule has 0 spiro atoms. The minimum atomic E-state index is -0.156. The molecule has 0 radical (unpaired) electrons. The van der Waals surface area contributed by atoms with Crippen molar-refractivity contribution in [3.63, 3.8) is 0 Å². The third-order valence-electron chi connectivity index (χ3n) is 4.62. The zero-order valence-electron chi connectivity index (χ0n) is 11.8. The molecule has 1 heterocycles. The summed E-state index contributed by atoms with van der Waals surface area (Å²) in [6.07, 6.45) is 3.82. The molecule has 1 fully saturated rings. The number of aromatic amines is 1. The van der Waals surface area contributed by atoms with Crippen molar-refractivity contribution in [3.8, 4) is 0 Å².